The summed E-state index contributed by atoms with van der Waals surface area (Å²) in [5.41, 5.74) is 0. The first-order chi connectivity index (χ1) is 4.58. The molecule has 1 aromatic rings. The zero-order valence-electron chi connectivity index (χ0n) is 5.65. The van der Waals surface area contributed by atoms with E-state index in [1.165, 1.54) is 0 Å². The van der Waals surface area contributed by atoms with Crippen molar-refractivity contribution < 1.29 is 4.42 Å². The minimum atomic E-state index is -1.05. The van der Waals surface area contributed by atoms with Crippen molar-refractivity contribution in [2.75, 3.05) is 6.26 Å². The number of furan rings is 1. The van der Waals surface area contributed by atoms with Crippen molar-refractivity contribution >= 4 is 31.4 Å². The van der Waals surface area contributed by atoms with Crippen LogP contribution in [0.15, 0.2) is 22.8 Å². The molecule has 0 aliphatic carbocycles. The fourth-order valence-corrected chi connectivity index (χ4v) is 2.13. The summed E-state index contributed by atoms with van der Waals surface area (Å²) < 4.78 is 5.13. The summed E-state index contributed by atoms with van der Waals surface area (Å²) in [4.78, 5) is 0. The first kappa shape index (κ1) is 8.43. The standard InChI is InChI=1S/C6H10OS3/c1-10(8,9)5-6-3-2-4-7-6/h2-4,8-9H,5H2,1H3. The summed E-state index contributed by atoms with van der Waals surface area (Å²) in [6, 6.07) is 3.82. The van der Waals surface area contributed by atoms with Crippen LogP contribution in [-0.4, -0.2) is 6.26 Å². The van der Waals surface area contributed by atoms with Crippen LogP contribution in [0.4, 0.5) is 0 Å². The van der Waals surface area contributed by atoms with Crippen molar-refractivity contribution in [1.82, 2.24) is 0 Å². The van der Waals surface area contributed by atoms with Crippen molar-refractivity contribution in [1.29, 1.82) is 0 Å². The molecule has 0 N–H and O–H groups in total. The molecule has 0 aliphatic rings. The summed E-state index contributed by atoms with van der Waals surface area (Å²) >= 11 is 8.66. The maximum absolute atomic E-state index is 5.13. The van der Waals surface area contributed by atoms with E-state index in [2.05, 4.69) is 23.3 Å². The van der Waals surface area contributed by atoms with E-state index in [-0.39, 0.29) is 0 Å². The third kappa shape index (κ3) is 2.94. The quantitative estimate of drug-likeness (QED) is 0.545. The van der Waals surface area contributed by atoms with Gasteiger partial charge in [0, 0.05) is 0 Å². The summed E-state index contributed by atoms with van der Waals surface area (Å²) in [7, 11) is -1.05. The first-order valence-corrected chi connectivity index (χ1v) is 7.13. The Hall–Kier alpha value is 0.330. The Labute approximate surface area is 72.1 Å². The molecular weight excluding hydrogens is 184 g/mol. The van der Waals surface area contributed by atoms with Gasteiger partial charge >= 0.3 is 0 Å². The minimum Gasteiger partial charge on any atom is -0.468 e. The second-order valence-corrected chi connectivity index (χ2v) is 10.2. The van der Waals surface area contributed by atoms with E-state index in [1.54, 1.807) is 6.26 Å². The molecule has 1 aromatic heterocycles. The van der Waals surface area contributed by atoms with E-state index < -0.39 is 8.09 Å². The van der Waals surface area contributed by atoms with Crippen LogP contribution in [0.25, 0.3) is 0 Å². The summed E-state index contributed by atoms with van der Waals surface area (Å²) in [5.74, 6) is 1.79. The molecule has 0 aliphatic heterocycles. The van der Waals surface area contributed by atoms with Crippen molar-refractivity contribution in [3.63, 3.8) is 0 Å². The fourth-order valence-electron chi connectivity index (χ4n) is 0.664. The average Bonchev–Trinajstić information content (AvgIpc) is 2.12. The zero-order chi connectivity index (χ0) is 7.61. The Bertz CT molecular complexity index is 187. The van der Waals surface area contributed by atoms with E-state index in [0.717, 1.165) is 11.5 Å². The SMILES string of the molecule is CS(S)(S)Cc1ccco1. The van der Waals surface area contributed by atoms with Crippen LogP contribution in [-0.2, 0) is 5.75 Å². The van der Waals surface area contributed by atoms with Gasteiger partial charge in [-0.3, -0.25) is 0 Å². The van der Waals surface area contributed by atoms with Gasteiger partial charge < -0.3 is 4.42 Å². The lowest BCUT2D eigenvalue weighted by Gasteiger charge is -2.19. The van der Waals surface area contributed by atoms with Crippen LogP contribution in [0.1, 0.15) is 5.76 Å². The largest absolute Gasteiger partial charge is 0.468 e. The monoisotopic (exact) mass is 194 g/mol. The number of thiol groups is 2. The van der Waals surface area contributed by atoms with Gasteiger partial charge in [-0.25, -0.2) is 0 Å². The van der Waals surface area contributed by atoms with Crippen LogP contribution in [0, 0.1) is 0 Å². The van der Waals surface area contributed by atoms with Crippen molar-refractivity contribution in [2.45, 2.75) is 5.75 Å². The molecule has 0 bridgehead atoms. The second kappa shape index (κ2) is 3.15. The lowest BCUT2D eigenvalue weighted by Crippen LogP contribution is -1.83. The molecule has 0 atom stereocenters. The molecule has 0 unspecified atom stereocenters. The molecule has 1 heterocycles. The third-order valence-electron chi connectivity index (χ3n) is 0.996. The van der Waals surface area contributed by atoms with E-state index in [9.17, 15) is 0 Å². The molecule has 0 amide bonds. The topological polar surface area (TPSA) is 13.1 Å². The average molecular weight is 194 g/mol. The summed E-state index contributed by atoms with van der Waals surface area (Å²) in [6.45, 7) is 0. The molecule has 0 aromatic carbocycles. The van der Waals surface area contributed by atoms with Crippen LogP contribution in [0.2, 0.25) is 0 Å². The highest BCUT2D eigenvalue weighted by atomic mass is 33.5. The van der Waals surface area contributed by atoms with E-state index in [1.807, 2.05) is 18.4 Å². The molecule has 0 fully saturated rings. The Kier molecular flexibility index (Phi) is 2.66. The normalized spacial score (nSPS) is 13.5. The van der Waals surface area contributed by atoms with Gasteiger partial charge in [-0.15, -0.1) is 31.4 Å². The van der Waals surface area contributed by atoms with Gasteiger partial charge in [0.2, 0.25) is 0 Å². The van der Waals surface area contributed by atoms with E-state index >= 15 is 0 Å². The van der Waals surface area contributed by atoms with Gasteiger partial charge in [0.05, 0.1) is 12.0 Å². The highest BCUT2D eigenvalue weighted by Crippen LogP contribution is 2.56. The van der Waals surface area contributed by atoms with Crippen molar-refractivity contribution in [2.24, 2.45) is 0 Å². The van der Waals surface area contributed by atoms with Gasteiger partial charge in [-0.05, 0) is 18.4 Å². The highest BCUT2D eigenvalue weighted by Gasteiger charge is 2.08. The van der Waals surface area contributed by atoms with Gasteiger partial charge in [-0.1, -0.05) is 0 Å². The molecule has 1 rings (SSSR count). The predicted molar refractivity (Wildman–Crippen MR) is 53.9 cm³/mol. The Morgan fingerprint density at radius 1 is 1.60 bits per heavy atom. The molecular formula is C6H10OS3. The summed E-state index contributed by atoms with van der Waals surface area (Å²) in [6.07, 6.45) is 3.68. The minimum absolute atomic E-state index is 0.826. The van der Waals surface area contributed by atoms with Crippen LogP contribution in [0.3, 0.4) is 0 Å². The smallest absolute Gasteiger partial charge is 0.113 e. The Balaban J connectivity index is 2.57. The predicted octanol–water partition coefficient (Wildman–Crippen LogP) is 2.90. The van der Waals surface area contributed by atoms with E-state index in [4.69, 9.17) is 4.42 Å². The maximum atomic E-state index is 5.13. The molecule has 58 valence electrons. The lowest BCUT2D eigenvalue weighted by molar-refractivity contribution is 0.530. The maximum Gasteiger partial charge on any atom is 0.113 e. The molecule has 0 saturated carbocycles. The van der Waals surface area contributed by atoms with Gasteiger partial charge in [0.15, 0.2) is 0 Å². The lowest BCUT2D eigenvalue weighted by atomic mass is 10.5. The molecule has 0 spiro atoms. The third-order valence-corrected chi connectivity index (χ3v) is 2.60. The van der Waals surface area contributed by atoms with Crippen LogP contribution < -0.4 is 0 Å². The first-order valence-electron chi connectivity index (χ1n) is 2.81. The Morgan fingerprint density at radius 2 is 2.30 bits per heavy atom. The zero-order valence-corrected chi connectivity index (χ0v) is 8.26. The second-order valence-electron chi connectivity index (χ2n) is 2.22. The summed E-state index contributed by atoms with van der Waals surface area (Å²) in [5, 5.41) is 0. The molecule has 10 heavy (non-hydrogen) atoms. The van der Waals surface area contributed by atoms with Gasteiger partial charge in [0.25, 0.3) is 0 Å². The van der Waals surface area contributed by atoms with Gasteiger partial charge in [-0.2, -0.15) is 0 Å². The van der Waals surface area contributed by atoms with E-state index in [0.29, 0.717) is 0 Å². The van der Waals surface area contributed by atoms with Crippen molar-refractivity contribution in [3.8, 4) is 0 Å². The number of hydrogen-bond donors (Lipinski definition) is 2. The molecule has 4 heteroatoms. The Morgan fingerprint density at radius 3 is 2.70 bits per heavy atom. The van der Waals surface area contributed by atoms with Gasteiger partial charge in [0.1, 0.15) is 5.76 Å². The number of hydrogen-bond acceptors (Lipinski definition) is 3. The number of rotatable bonds is 2. The van der Waals surface area contributed by atoms with Crippen LogP contribution in [0.5, 0.6) is 0 Å². The van der Waals surface area contributed by atoms with Crippen LogP contribution >= 0.6 is 31.4 Å². The fraction of sp³-hybridized carbons (Fsp3) is 0.333. The molecule has 1 nitrogen and oxygen atoms in total. The molecule has 0 saturated heterocycles. The van der Waals surface area contributed by atoms with Crippen molar-refractivity contribution in [3.05, 3.63) is 24.2 Å². The molecule has 0 radical (unpaired) electrons. The highest BCUT2D eigenvalue weighted by molar-refractivity contribution is 9.17.